The van der Waals surface area contributed by atoms with Crippen LogP contribution in [0.1, 0.15) is 5.76 Å². The highest BCUT2D eigenvalue weighted by molar-refractivity contribution is 7.91. The summed E-state index contributed by atoms with van der Waals surface area (Å²) in [6, 6.07) is 3.47. The van der Waals surface area contributed by atoms with Gasteiger partial charge in [0.1, 0.15) is 5.76 Å². The van der Waals surface area contributed by atoms with Gasteiger partial charge in [0.2, 0.25) is 0 Å². The van der Waals surface area contributed by atoms with Gasteiger partial charge in [-0.25, -0.2) is 8.42 Å². The van der Waals surface area contributed by atoms with Crippen molar-refractivity contribution in [1.29, 1.82) is 0 Å². The van der Waals surface area contributed by atoms with Gasteiger partial charge >= 0.3 is 0 Å². The third kappa shape index (κ3) is 2.86. The Morgan fingerprint density at radius 2 is 2.31 bits per heavy atom. The zero-order chi connectivity index (χ0) is 9.90. The van der Waals surface area contributed by atoms with Crippen molar-refractivity contribution >= 4 is 9.84 Å². The number of rotatable bonds is 4. The Bertz CT molecular complexity index is 341. The summed E-state index contributed by atoms with van der Waals surface area (Å²) < 4.78 is 27.4. The van der Waals surface area contributed by atoms with Gasteiger partial charge in [0, 0.05) is 19.2 Å². The molecule has 0 bridgehead atoms. The van der Waals surface area contributed by atoms with E-state index in [0.29, 0.717) is 12.2 Å². The molecule has 0 saturated heterocycles. The Kier molecular flexibility index (Phi) is 3.11. The topological polar surface area (TPSA) is 73.3 Å². The molecule has 1 heterocycles. The molecule has 74 valence electrons. The minimum atomic E-state index is -3.08. The van der Waals surface area contributed by atoms with Crippen LogP contribution in [-0.4, -0.2) is 26.5 Å². The maximum atomic E-state index is 11.2. The second kappa shape index (κ2) is 3.93. The van der Waals surface area contributed by atoms with Crippen molar-refractivity contribution in [3.05, 3.63) is 24.2 Å². The van der Waals surface area contributed by atoms with Gasteiger partial charge in [0.15, 0.2) is 9.84 Å². The van der Waals surface area contributed by atoms with Gasteiger partial charge in [0.25, 0.3) is 0 Å². The van der Waals surface area contributed by atoms with E-state index in [2.05, 4.69) is 0 Å². The zero-order valence-corrected chi connectivity index (χ0v) is 8.25. The predicted molar refractivity (Wildman–Crippen MR) is 50.1 cm³/mol. The highest BCUT2D eigenvalue weighted by atomic mass is 32.2. The molecule has 1 atom stereocenters. The first-order valence-electron chi connectivity index (χ1n) is 3.95. The van der Waals surface area contributed by atoms with E-state index in [-0.39, 0.29) is 6.54 Å². The molecular formula is C8H13NO3S. The first kappa shape index (κ1) is 10.3. The van der Waals surface area contributed by atoms with Gasteiger partial charge < -0.3 is 10.2 Å². The van der Waals surface area contributed by atoms with E-state index in [0.717, 1.165) is 0 Å². The molecule has 0 fully saturated rings. The molecule has 1 unspecified atom stereocenters. The summed E-state index contributed by atoms with van der Waals surface area (Å²) in [6.07, 6.45) is 3.06. The fourth-order valence-electron chi connectivity index (χ4n) is 1.06. The van der Waals surface area contributed by atoms with Gasteiger partial charge in [-0.3, -0.25) is 0 Å². The van der Waals surface area contributed by atoms with Crippen LogP contribution in [0.15, 0.2) is 22.8 Å². The molecule has 0 aliphatic carbocycles. The molecule has 5 heteroatoms. The molecule has 1 rings (SSSR count). The van der Waals surface area contributed by atoms with Gasteiger partial charge in [-0.05, 0) is 12.1 Å². The lowest BCUT2D eigenvalue weighted by molar-refractivity contribution is 0.498. The lowest BCUT2D eigenvalue weighted by Gasteiger charge is -2.09. The summed E-state index contributed by atoms with van der Waals surface area (Å²) in [5, 5.41) is -0.543. The van der Waals surface area contributed by atoms with Crippen molar-refractivity contribution < 1.29 is 12.8 Å². The Morgan fingerprint density at radius 3 is 2.69 bits per heavy atom. The third-order valence-electron chi connectivity index (χ3n) is 1.88. The first-order chi connectivity index (χ1) is 6.04. The normalized spacial score (nSPS) is 14.3. The van der Waals surface area contributed by atoms with Crippen LogP contribution in [0.2, 0.25) is 0 Å². The summed E-state index contributed by atoms with van der Waals surface area (Å²) in [4.78, 5) is 0. The van der Waals surface area contributed by atoms with Crippen LogP contribution < -0.4 is 5.73 Å². The lowest BCUT2D eigenvalue weighted by Crippen LogP contribution is -2.30. The van der Waals surface area contributed by atoms with Crippen LogP contribution in [0.25, 0.3) is 0 Å². The number of hydrogen-bond acceptors (Lipinski definition) is 4. The van der Waals surface area contributed by atoms with Crippen LogP contribution in [0.5, 0.6) is 0 Å². The molecule has 13 heavy (non-hydrogen) atoms. The van der Waals surface area contributed by atoms with Crippen molar-refractivity contribution in [2.75, 3.05) is 12.8 Å². The molecule has 1 aromatic rings. The number of sulfone groups is 1. The van der Waals surface area contributed by atoms with Crippen molar-refractivity contribution in [2.24, 2.45) is 5.73 Å². The molecule has 2 N–H and O–H groups in total. The van der Waals surface area contributed by atoms with Gasteiger partial charge in [-0.2, -0.15) is 0 Å². The molecular weight excluding hydrogens is 190 g/mol. The van der Waals surface area contributed by atoms with E-state index >= 15 is 0 Å². The number of hydrogen-bond donors (Lipinski definition) is 1. The molecule has 1 aromatic heterocycles. The smallest absolute Gasteiger partial charge is 0.151 e. The fraction of sp³-hybridized carbons (Fsp3) is 0.500. The van der Waals surface area contributed by atoms with E-state index in [4.69, 9.17) is 10.2 Å². The Morgan fingerprint density at radius 1 is 1.62 bits per heavy atom. The Hall–Kier alpha value is -0.810. The largest absolute Gasteiger partial charge is 0.469 e. The van der Waals surface area contributed by atoms with Crippen molar-refractivity contribution in [3.63, 3.8) is 0 Å². The minimum Gasteiger partial charge on any atom is -0.469 e. The molecule has 0 aliphatic rings. The van der Waals surface area contributed by atoms with E-state index in [1.807, 2.05) is 0 Å². The second-order valence-electron chi connectivity index (χ2n) is 2.97. The van der Waals surface area contributed by atoms with Crippen LogP contribution in [-0.2, 0) is 16.3 Å². The standard InChI is InChI=1S/C8H13NO3S/c1-13(10,11)8(6-9)5-7-3-2-4-12-7/h2-4,8H,5-6,9H2,1H3. The summed E-state index contributed by atoms with van der Waals surface area (Å²) in [5.74, 6) is 0.654. The fourth-order valence-corrected chi connectivity index (χ4v) is 1.88. The predicted octanol–water partition coefficient (Wildman–Crippen LogP) is 0.194. The maximum Gasteiger partial charge on any atom is 0.151 e. The van der Waals surface area contributed by atoms with Crippen molar-refractivity contribution in [2.45, 2.75) is 11.7 Å². The van der Waals surface area contributed by atoms with Gasteiger partial charge in [-0.1, -0.05) is 0 Å². The SMILES string of the molecule is CS(=O)(=O)C(CN)Cc1ccco1. The van der Waals surface area contributed by atoms with E-state index in [9.17, 15) is 8.42 Å². The van der Waals surface area contributed by atoms with Crippen LogP contribution in [0.3, 0.4) is 0 Å². The van der Waals surface area contributed by atoms with Gasteiger partial charge in [-0.15, -0.1) is 0 Å². The lowest BCUT2D eigenvalue weighted by atomic mass is 10.2. The van der Waals surface area contributed by atoms with Gasteiger partial charge in [0.05, 0.1) is 11.5 Å². The summed E-state index contributed by atoms with van der Waals surface area (Å²) >= 11 is 0. The monoisotopic (exact) mass is 203 g/mol. The minimum absolute atomic E-state index is 0.125. The van der Waals surface area contributed by atoms with E-state index < -0.39 is 15.1 Å². The molecule has 0 radical (unpaired) electrons. The quantitative estimate of drug-likeness (QED) is 0.758. The number of nitrogens with two attached hydrogens (primary N) is 1. The molecule has 4 nitrogen and oxygen atoms in total. The summed E-state index contributed by atoms with van der Waals surface area (Å²) in [7, 11) is -3.08. The van der Waals surface area contributed by atoms with E-state index in [1.54, 1.807) is 12.1 Å². The molecule has 0 aromatic carbocycles. The summed E-state index contributed by atoms with van der Waals surface area (Å²) in [6.45, 7) is 0.125. The second-order valence-corrected chi connectivity index (χ2v) is 5.30. The van der Waals surface area contributed by atoms with Crippen LogP contribution >= 0.6 is 0 Å². The summed E-state index contributed by atoms with van der Waals surface area (Å²) in [5.41, 5.74) is 5.35. The maximum absolute atomic E-state index is 11.2. The first-order valence-corrected chi connectivity index (χ1v) is 5.91. The van der Waals surface area contributed by atoms with Crippen LogP contribution in [0.4, 0.5) is 0 Å². The molecule has 0 amide bonds. The molecule has 0 spiro atoms. The molecule has 0 saturated carbocycles. The van der Waals surface area contributed by atoms with E-state index in [1.165, 1.54) is 12.5 Å². The average Bonchev–Trinajstić information content (AvgIpc) is 2.49. The Labute approximate surface area is 77.7 Å². The number of furan rings is 1. The zero-order valence-electron chi connectivity index (χ0n) is 7.43. The third-order valence-corrected chi connectivity index (χ3v) is 3.45. The van der Waals surface area contributed by atoms with Crippen LogP contribution in [0, 0.1) is 0 Å². The van der Waals surface area contributed by atoms with Crippen molar-refractivity contribution in [3.8, 4) is 0 Å². The highest BCUT2D eigenvalue weighted by Gasteiger charge is 2.20. The highest BCUT2D eigenvalue weighted by Crippen LogP contribution is 2.08. The molecule has 0 aliphatic heterocycles. The Balaban J connectivity index is 2.72. The average molecular weight is 203 g/mol. The van der Waals surface area contributed by atoms with Crippen molar-refractivity contribution in [1.82, 2.24) is 0 Å².